The average Bonchev–Trinajstić information content (AvgIpc) is 2.72. The Hall–Kier alpha value is -1.73. The molecule has 7 atom stereocenters. The predicted octanol–water partition coefficient (Wildman–Crippen LogP) is 2.61. The number of esters is 2. The van der Waals surface area contributed by atoms with E-state index in [0.717, 1.165) is 31.3 Å². The van der Waals surface area contributed by atoms with Crippen LogP contribution in [0.25, 0.3) is 0 Å². The van der Waals surface area contributed by atoms with E-state index in [1.807, 2.05) is 32.8 Å². The zero-order valence-electron chi connectivity index (χ0n) is 20.3. The highest BCUT2D eigenvalue weighted by Crippen LogP contribution is 2.64. The zero-order chi connectivity index (χ0) is 23.8. The van der Waals surface area contributed by atoms with Gasteiger partial charge in [-0.3, -0.25) is 9.59 Å². The normalized spacial score (nSPS) is 40.6. The maximum Gasteiger partial charge on any atom is 0.330 e. The maximum atomic E-state index is 13.6. The van der Waals surface area contributed by atoms with Crippen LogP contribution in [0.4, 0.5) is 0 Å². The SMILES string of the molecule is COC(=O)[C@@]1(C)CCC[C@@]2(C)[C@H]1C(=O)[C@H](O)[C@H]1[C@@H](C)/C(=C\C(=O)OCCN(C)C)CC[C@@H]12. The van der Waals surface area contributed by atoms with Crippen molar-refractivity contribution in [2.75, 3.05) is 34.4 Å². The van der Waals surface area contributed by atoms with Gasteiger partial charge in [-0.15, -0.1) is 0 Å². The largest absolute Gasteiger partial charge is 0.469 e. The van der Waals surface area contributed by atoms with E-state index >= 15 is 0 Å². The summed E-state index contributed by atoms with van der Waals surface area (Å²) < 4.78 is 10.4. The van der Waals surface area contributed by atoms with E-state index in [0.29, 0.717) is 19.6 Å². The van der Waals surface area contributed by atoms with Crippen LogP contribution in [0, 0.1) is 34.5 Å². The zero-order valence-corrected chi connectivity index (χ0v) is 20.3. The van der Waals surface area contributed by atoms with Crippen LogP contribution in [0.3, 0.4) is 0 Å². The number of hydrogen-bond donors (Lipinski definition) is 1. The monoisotopic (exact) mass is 449 g/mol. The van der Waals surface area contributed by atoms with Crippen LogP contribution < -0.4 is 0 Å². The Morgan fingerprint density at radius 1 is 1.25 bits per heavy atom. The lowest BCUT2D eigenvalue weighted by Gasteiger charge is -2.61. The molecule has 0 unspecified atom stereocenters. The second-order valence-corrected chi connectivity index (χ2v) is 10.7. The van der Waals surface area contributed by atoms with Crippen LogP contribution in [0.1, 0.15) is 52.9 Å². The Balaban J connectivity index is 1.87. The first kappa shape index (κ1) is 24.9. The van der Waals surface area contributed by atoms with Gasteiger partial charge in [-0.1, -0.05) is 25.8 Å². The number of Topliss-reactive ketones (excluding diaryl/α,β-unsaturated/α-hetero) is 1. The summed E-state index contributed by atoms with van der Waals surface area (Å²) in [5.41, 5.74) is -0.365. The highest BCUT2D eigenvalue weighted by Gasteiger charge is 2.66. The number of aliphatic hydroxyl groups excluding tert-OH is 1. The van der Waals surface area contributed by atoms with Crippen molar-refractivity contribution >= 4 is 17.7 Å². The molecule has 0 bridgehead atoms. The number of hydrogen-bond acceptors (Lipinski definition) is 7. The van der Waals surface area contributed by atoms with Gasteiger partial charge in [-0.05, 0) is 64.0 Å². The van der Waals surface area contributed by atoms with Crippen molar-refractivity contribution in [2.24, 2.45) is 34.5 Å². The van der Waals surface area contributed by atoms with Crippen LogP contribution in [-0.2, 0) is 23.9 Å². The molecule has 3 aliphatic carbocycles. The van der Waals surface area contributed by atoms with Gasteiger partial charge in [-0.2, -0.15) is 0 Å². The van der Waals surface area contributed by atoms with Crippen molar-refractivity contribution in [1.29, 1.82) is 0 Å². The van der Waals surface area contributed by atoms with E-state index in [1.54, 1.807) is 6.08 Å². The molecule has 0 aromatic rings. The smallest absolute Gasteiger partial charge is 0.330 e. The molecule has 0 aromatic carbocycles. The minimum Gasteiger partial charge on any atom is -0.469 e. The van der Waals surface area contributed by atoms with Crippen molar-refractivity contribution < 1.29 is 29.0 Å². The van der Waals surface area contributed by atoms with Crippen molar-refractivity contribution in [1.82, 2.24) is 4.90 Å². The number of ketones is 1. The van der Waals surface area contributed by atoms with Crippen molar-refractivity contribution in [3.05, 3.63) is 11.6 Å². The summed E-state index contributed by atoms with van der Waals surface area (Å²) in [4.78, 5) is 40.6. The minimum atomic E-state index is -1.15. The molecule has 3 saturated carbocycles. The van der Waals surface area contributed by atoms with Crippen LogP contribution >= 0.6 is 0 Å². The summed E-state index contributed by atoms with van der Waals surface area (Å²) in [6.45, 7) is 6.92. The Kier molecular flexibility index (Phi) is 7.20. The first-order valence-corrected chi connectivity index (χ1v) is 11.8. The number of allylic oxidation sites excluding steroid dienone is 1. The van der Waals surface area contributed by atoms with E-state index in [4.69, 9.17) is 9.47 Å². The van der Waals surface area contributed by atoms with Gasteiger partial charge < -0.3 is 19.5 Å². The fourth-order valence-electron chi connectivity index (χ4n) is 7.03. The Morgan fingerprint density at radius 2 is 1.94 bits per heavy atom. The Labute approximate surface area is 191 Å². The fourth-order valence-corrected chi connectivity index (χ4v) is 7.03. The third-order valence-corrected chi connectivity index (χ3v) is 8.60. The molecule has 1 N–H and O–H groups in total. The van der Waals surface area contributed by atoms with Crippen molar-refractivity contribution in [3.63, 3.8) is 0 Å². The number of carbonyl (C=O) groups excluding carboxylic acids is 3. The number of nitrogens with zero attached hydrogens (tertiary/aromatic N) is 1. The molecule has 32 heavy (non-hydrogen) atoms. The summed E-state index contributed by atoms with van der Waals surface area (Å²) in [5, 5.41) is 11.2. The second-order valence-electron chi connectivity index (χ2n) is 10.7. The molecule has 3 aliphatic rings. The second kappa shape index (κ2) is 9.26. The van der Waals surface area contributed by atoms with Crippen LogP contribution in [0.2, 0.25) is 0 Å². The van der Waals surface area contributed by atoms with E-state index in [2.05, 4.69) is 6.92 Å². The van der Waals surface area contributed by atoms with E-state index in [9.17, 15) is 19.5 Å². The molecule has 0 radical (unpaired) electrons. The molecule has 0 heterocycles. The molecule has 0 aliphatic heterocycles. The summed E-state index contributed by atoms with van der Waals surface area (Å²) >= 11 is 0. The van der Waals surface area contributed by atoms with Crippen molar-refractivity contribution in [2.45, 2.75) is 59.0 Å². The van der Waals surface area contributed by atoms with Gasteiger partial charge in [0.15, 0.2) is 5.78 Å². The average molecular weight is 450 g/mol. The number of likely N-dealkylation sites (N-methyl/N-ethyl adjacent to an activating group) is 1. The maximum absolute atomic E-state index is 13.6. The molecule has 0 spiro atoms. The molecule has 0 aromatic heterocycles. The highest BCUT2D eigenvalue weighted by atomic mass is 16.5. The molecule has 0 amide bonds. The van der Waals surface area contributed by atoms with E-state index < -0.39 is 17.4 Å². The van der Waals surface area contributed by atoms with Gasteiger partial charge in [0.2, 0.25) is 0 Å². The van der Waals surface area contributed by atoms with Gasteiger partial charge >= 0.3 is 11.9 Å². The first-order chi connectivity index (χ1) is 15.0. The number of carbonyl (C=O) groups is 3. The Bertz CT molecular complexity index is 791. The topological polar surface area (TPSA) is 93.1 Å². The number of methoxy groups -OCH3 is 1. The van der Waals surface area contributed by atoms with E-state index in [-0.39, 0.29) is 40.9 Å². The molecule has 3 fully saturated rings. The Morgan fingerprint density at radius 3 is 2.56 bits per heavy atom. The number of aliphatic hydroxyl groups is 1. The van der Waals surface area contributed by atoms with Gasteiger partial charge in [0.05, 0.1) is 12.5 Å². The van der Waals surface area contributed by atoms with Crippen molar-refractivity contribution in [3.8, 4) is 0 Å². The lowest BCUT2D eigenvalue weighted by Crippen LogP contribution is -2.65. The molecular formula is C25H39NO6. The first-order valence-electron chi connectivity index (χ1n) is 11.8. The predicted molar refractivity (Wildman–Crippen MR) is 120 cm³/mol. The molecule has 7 nitrogen and oxygen atoms in total. The number of ether oxygens (including phenoxy) is 2. The summed E-state index contributed by atoms with van der Waals surface area (Å²) in [6, 6.07) is 0. The van der Waals surface area contributed by atoms with Gasteiger partial charge in [0.25, 0.3) is 0 Å². The third kappa shape index (κ3) is 4.14. The lowest BCUT2D eigenvalue weighted by atomic mass is 9.42. The van der Waals surface area contributed by atoms with Crippen LogP contribution in [-0.4, -0.2) is 68.2 Å². The summed E-state index contributed by atoms with van der Waals surface area (Å²) in [7, 11) is 5.20. The van der Waals surface area contributed by atoms with E-state index in [1.165, 1.54) is 7.11 Å². The fraction of sp³-hybridized carbons (Fsp3) is 0.800. The molecule has 180 valence electrons. The van der Waals surface area contributed by atoms with Crippen LogP contribution in [0.15, 0.2) is 11.6 Å². The van der Waals surface area contributed by atoms with Gasteiger partial charge in [0.1, 0.15) is 12.7 Å². The minimum absolute atomic E-state index is 0.0985. The molecule has 0 saturated heterocycles. The third-order valence-electron chi connectivity index (χ3n) is 8.60. The summed E-state index contributed by atoms with van der Waals surface area (Å²) in [6.07, 6.45) is 4.20. The van der Waals surface area contributed by atoms with Crippen LogP contribution in [0.5, 0.6) is 0 Å². The highest BCUT2D eigenvalue weighted by molar-refractivity contribution is 5.93. The summed E-state index contributed by atoms with van der Waals surface area (Å²) in [5.74, 6) is -1.82. The lowest BCUT2D eigenvalue weighted by molar-refractivity contribution is -0.193. The quantitative estimate of drug-likeness (QED) is 0.509. The molecule has 7 heteroatoms. The number of rotatable bonds is 5. The van der Waals surface area contributed by atoms with Gasteiger partial charge in [0, 0.05) is 24.5 Å². The van der Waals surface area contributed by atoms with Gasteiger partial charge in [-0.25, -0.2) is 4.79 Å². The number of fused-ring (bicyclic) bond motifs is 3. The molecular weight excluding hydrogens is 410 g/mol. The standard InChI is InChI=1S/C25H39NO6/c1-15-16(14-18(27)32-13-12-26(4)5)8-9-17-19(15)20(28)21(29)22-24(17,2)10-7-11-25(22,3)23(30)31-6/h14-15,17,19-20,22,28H,7-13H2,1-6H3/b16-14-/t15-,17-,19-,20+,22+,24+,25-/m0/s1. The molecule has 3 rings (SSSR count).